The van der Waals surface area contributed by atoms with Gasteiger partial charge < -0.3 is 15.8 Å². The van der Waals surface area contributed by atoms with Crippen molar-refractivity contribution in [2.75, 3.05) is 12.4 Å². The molecule has 0 aliphatic heterocycles. The molecular formula is C14H22N2O2. The normalized spacial score (nSPS) is 11.2. The summed E-state index contributed by atoms with van der Waals surface area (Å²) >= 11 is 0. The molecule has 0 bridgehead atoms. The lowest BCUT2D eigenvalue weighted by Gasteiger charge is -2.19. The molecule has 0 atom stereocenters. The number of methoxy groups -OCH3 is 1. The Kier molecular flexibility index (Phi) is 4.35. The topological polar surface area (TPSA) is 64.3 Å². The van der Waals surface area contributed by atoms with E-state index in [4.69, 9.17) is 10.5 Å². The molecule has 0 fully saturated rings. The van der Waals surface area contributed by atoms with Gasteiger partial charge in [-0.05, 0) is 44.9 Å². The Morgan fingerprint density at radius 2 is 2.00 bits per heavy atom. The first-order valence-corrected chi connectivity index (χ1v) is 5.97. The second kappa shape index (κ2) is 5.40. The van der Waals surface area contributed by atoms with Crippen LogP contribution in [0, 0.1) is 13.8 Å². The maximum Gasteiger partial charge on any atom is 0.226 e. The molecule has 100 valence electrons. The van der Waals surface area contributed by atoms with Crippen LogP contribution in [-0.4, -0.2) is 18.6 Å². The van der Waals surface area contributed by atoms with Crippen molar-refractivity contribution in [2.24, 2.45) is 5.73 Å². The molecule has 0 aliphatic carbocycles. The zero-order chi connectivity index (χ0) is 13.9. The standard InChI is InChI=1S/C14H22N2O2/c1-9-6-10(2)13(11(7-9)18-5)16-12(17)8-14(3,4)15/h6-7H,8,15H2,1-5H3,(H,16,17). The number of carbonyl (C=O) groups excluding carboxylic acids is 1. The smallest absolute Gasteiger partial charge is 0.226 e. The average molecular weight is 250 g/mol. The lowest BCUT2D eigenvalue weighted by molar-refractivity contribution is -0.117. The molecule has 1 rings (SSSR count). The van der Waals surface area contributed by atoms with Gasteiger partial charge in [-0.15, -0.1) is 0 Å². The van der Waals surface area contributed by atoms with Gasteiger partial charge in [-0.1, -0.05) is 6.07 Å². The van der Waals surface area contributed by atoms with Crippen molar-refractivity contribution >= 4 is 11.6 Å². The first kappa shape index (κ1) is 14.5. The number of rotatable bonds is 4. The summed E-state index contributed by atoms with van der Waals surface area (Å²) in [6, 6.07) is 3.90. The second-order valence-corrected chi connectivity index (χ2v) is 5.37. The first-order valence-electron chi connectivity index (χ1n) is 5.97. The number of nitrogens with one attached hydrogen (secondary N) is 1. The Morgan fingerprint density at radius 1 is 1.39 bits per heavy atom. The van der Waals surface area contributed by atoms with E-state index in [-0.39, 0.29) is 12.3 Å². The number of benzene rings is 1. The number of amides is 1. The molecule has 4 nitrogen and oxygen atoms in total. The lowest BCUT2D eigenvalue weighted by Crippen LogP contribution is -2.36. The van der Waals surface area contributed by atoms with E-state index in [0.29, 0.717) is 5.75 Å². The molecule has 3 N–H and O–H groups in total. The van der Waals surface area contributed by atoms with E-state index in [1.807, 2.05) is 39.8 Å². The largest absolute Gasteiger partial charge is 0.495 e. The molecule has 18 heavy (non-hydrogen) atoms. The van der Waals surface area contributed by atoms with Gasteiger partial charge in [0.25, 0.3) is 0 Å². The van der Waals surface area contributed by atoms with E-state index in [1.165, 1.54) is 0 Å². The molecule has 0 aliphatic rings. The number of nitrogens with two attached hydrogens (primary N) is 1. The summed E-state index contributed by atoms with van der Waals surface area (Å²) < 4.78 is 5.29. The monoisotopic (exact) mass is 250 g/mol. The predicted octanol–water partition coefficient (Wildman–Crippen LogP) is 2.38. The molecule has 1 aromatic rings. The van der Waals surface area contributed by atoms with Crippen LogP contribution in [0.2, 0.25) is 0 Å². The number of carbonyl (C=O) groups is 1. The summed E-state index contributed by atoms with van der Waals surface area (Å²) in [4.78, 5) is 11.9. The van der Waals surface area contributed by atoms with E-state index < -0.39 is 5.54 Å². The molecule has 4 heteroatoms. The van der Waals surface area contributed by atoms with Crippen LogP contribution in [-0.2, 0) is 4.79 Å². The summed E-state index contributed by atoms with van der Waals surface area (Å²) in [7, 11) is 1.59. The number of anilines is 1. The lowest BCUT2D eigenvalue weighted by atomic mass is 10.0. The van der Waals surface area contributed by atoms with Crippen LogP contribution < -0.4 is 15.8 Å². The summed E-state index contributed by atoms with van der Waals surface area (Å²) in [6.07, 6.45) is 0.267. The highest BCUT2D eigenvalue weighted by atomic mass is 16.5. The third-order valence-corrected chi connectivity index (χ3v) is 2.54. The van der Waals surface area contributed by atoms with Gasteiger partial charge in [-0.3, -0.25) is 4.79 Å². The van der Waals surface area contributed by atoms with Gasteiger partial charge in [0.1, 0.15) is 5.75 Å². The molecule has 0 heterocycles. The second-order valence-electron chi connectivity index (χ2n) is 5.37. The van der Waals surface area contributed by atoms with Gasteiger partial charge in [-0.2, -0.15) is 0 Å². The molecule has 0 saturated heterocycles. The van der Waals surface area contributed by atoms with Crippen LogP contribution in [0.3, 0.4) is 0 Å². The van der Waals surface area contributed by atoms with E-state index in [9.17, 15) is 4.79 Å². The zero-order valence-corrected chi connectivity index (χ0v) is 11.8. The number of aryl methyl sites for hydroxylation is 2. The van der Waals surface area contributed by atoms with Crippen molar-refractivity contribution in [1.82, 2.24) is 0 Å². The van der Waals surface area contributed by atoms with Crippen molar-refractivity contribution in [3.63, 3.8) is 0 Å². The highest BCUT2D eigenvalue weighted by molar-refractivity contribution is 5.93. The van der Waals surface area contributed by atoms with Gasteiger partial charge in [0.2, 0.25) is 5.91 Å². The van der Waals surface area contributed by atoms with E-state index >= 15 is 0 Å². The molecule has 0 unspecified atom stereocenters. The Bertz CT molecular complexity index is 448. The van der Waals surface area contributed by atoms with Crippen LogP contribution in [0.15, 0.2) is 12.1 Å². The van der Waals surface area contributed by atoms with E-state index in [1.54, 1.807) is 7.11 Å². The summed E-state index contributed by atoms with van der Waals surface area (Å²) in [6.45, 7) is 7.58. The van der Waals surface area contributed by atoms with Crippen LogP contribution in [0.4, 0.5) is 5.69 Å². The molecule has 1 amide bonds. The molecule has 0 saturated carbocycles. The minimum Gasteiger partial charge on any atom is -0.495 e. The molecule has 0 spiro atoms. The Balaban J connectivity index is 2.94. The van der Waals surface area contributed by atoms with Gasteiger partial charge in [0.15, 0.2) is 0 Å². The Morgan fingerprint density at radius 3 is 2.50 bits per heavy atom. The van der Waals surface area contributed by atoms with Crippen molar-refractivity contribution < 1.29 is 9.53 Å². The van der Waals surface area contributed by atoms with Gasteiger partial charge in [-0.25, -0.2) is 0 Å². The Hall–Kier alpha value is -1.55. The SMILES string of the molecule is COc1cc(C)cc(C)c1NC(=O)CC(C)(C)N. The fourth-order valence-electron chi connectivity index (χ4n) is 1.85. The van der Waals surface area contributed by atoms with Gasteiger partial charge >= 0.3 is 0 Å². The molecule has 1 aromatic carbocycles. The van der Waals surface area contributed by atoms with Gasteiger partial charge in [0, 0.05) is 12.0 Å². The van der Waals surface area contributed by atoms with E-state index in [2.05, 4.69) is 5.32 Å². The van der Waals surface area contributed by atoms with Crippen molar-refractivity contribution in [3.05, 3.63) is 23.3 Å². The summed E-state index contributed by atoms with van der Waals surface area (Å²) in [5, 5.41) is 2.87. The number of ether oxygens (including phenoxy) is 1. The maximum absolute atomic E-state index is 11.9. The van der Waals surface area contributed by atoms with Crippen molar-refractivity contribution in [2.45, 2.75) is 39.7 Å². The number of hydrogen-bond donors (Lipinski definition) is 2. The first-order chi connectivity index (χ1) is 8.23. The third-order valence-electron chi connectivity index (χ3n) is 2.54. The predicted molar refractivity (Wildman–Crippen MR) is 74.0 cm³/mol. The van der Waals surface area contributed by atoms with Crippen LogP contribution >= 0.6 is 0 Å². The summed E-state index contributed by atoms with van der Waals surface area (Å²) in [5.41, 5.74) is 8.11. The highest BCUT2D eigenvalue weighted by Crippen LogP contribution is 2.30. The highest BCUT2D eigenvalue weighted by Gasteiger charge is 2.18. The van der Waals surface area contributed by atoms with Crippen LogP contribution in [0.25, 0.3) is 0 Å². The van der Waals surface area contributed by atoms with Crippen LogP contribution in [0.5, 0.6) is 5.75 Å². The Labute approximate surface area is 109 Å². The molecular weight excluding hydrogens is 228 g/mol. The minimum atomic E-state index is -0.518. The fourth-order valence-corrected chi connectivity index (χ4v) is 1.85. The third kappa shape index (κ3) is 4.04. The number of hydrogen-bond acceptors (Lipinski definition) is 3. The molecule has 0 aromatic heterocycles. The van der Waals surface area contributed by atoms with E-state index in [0.717, 1.165) is 16.8 Å². The fraction of sp³-hybridized carbons (Fsp3) is 0.500. The quantitative estimate of drug-likeness (QED) is 0.862. The average Bonchev–Trinajstić information content (AvgIpc) is 2.18. The maximum atomic E-state index is 11.9. The zero-order valence-electron chi connectivity index (χ0n) is 11.8. The van der Waals surface area contributed by atoms with Crippen LogP contribution in [0.1, 0.15) is 31.4 Å². The minimum absolute atomic E-state index is 0.104. The van der Waals surface area contributed by atoms with Crippen molar-refractivity contribution in [3.8, 4) is 5.75 Å². The molecule has 0 radical (unpaired) electrons. The summed E-state index contributed by atoms with van der Waals surface area (Å²) in [5.74, 6) is 0.573. The van der Waals surface area contributed by atoms with Crippen molar-refractivity contribution in [1.29, 1.82) is 0 Å². The van der Waals surface area contributed by atoms with Gasteiger partial charge in [0.05, 0.1) is 12.8 Å².